The number of carboxylic acid groups (broad SMARTS) is 1. The van der Waals surface area contributed by atoms with Crippen LogP contribution in [0.25, 0.3) is 0 Å². The van der Waals surface area contributed by atoms with Crippen molar-refractivity contribution in [2.24, 2.45) is 0 Å². The lowest BCUT2D eigenvalue weighted by molar-refractivity contribution is 0.0698. The van der Waals surface area contributed by atoms with E-state index in [1.54, 1.807) is 32.0 Å². The molecule has 2 N–H and O–H groups in total. The monoisotopic (exact) mass is 311 g/mol. The second-order valence-corrected chi connectivity index (χ2v) is 7.47. The highest BCUT2D eigenvalue weighted by Crippen LogP contribution is 2.27. The number of hydrogen-bond donors (Lipinski definition) is 2. The zero-order valence-corrected chi connectivity index (χ0v) is 12.5. The molecular formula is C13H13NO4S2. The molecule has 0 amide bonds. The summed E-state index contributed by atoms with van der Waals surface area (Å²) in [6, 6.07) is 7.80. The molecule has 2 rings (SSSR count). The minimum Gasteiger partial charge on any atom is -0.478 e. The summed E-state index contributed by atoms with van der Waals surface area (Å²) >= 11 is 1.14. The summed E-state index contributed by atoms with van der Waals surface area (Å²) in [5.41, 5.74) is 0.592. The maximum Gasteiger partial charge on any atom is 0.337 e. The van der Waals surface area contributed by atoms with Crippen molar-refractivity contribution in [1.82, 2.24) is 0 Å². The van der Waals surface area contributed by atoms with Gasteiger partial charge >= 0.3 is 5.97 Å². The number of aromatic carboxylic acids is 1. The van der Waals surface area contributed by atoms with Gasteiger partial charge in [-0.2, -0.15) is 0 Å². The van der Waals surface area contributed by atoms with Gasteiger partial charge in [0.25, 0.3) is 10.0 Å². The number of benzene rings is 1. The molecule has 0 fully saturated rings. The normalized spacial score (nSPS) is 11.3. The fourth-order valence-corrected chi connectivity index (χ4v) is 4.16. The van der Waals surface area contributed by atoms with E-state index in [0.29, 0.717) is 5.56 Å². The maximum atomic E-state index is 12.2. The summed E-state index contributed by atoms with van der Waals surface area (Å²) in [7, 11) is -3.77. The number of carbonyl (C=O) groups is 1. The van der Waals surface area contributed by atoms with Gasteiger partial charge in [-0.1, -0.05) is 12.1 Å². The Kier molecular flexibility index (Phi) is 3.82. The lowest BCUT2D eigenvalue weighted by Gasteiger charge is -2.12. The van der Waals surface area contributed by atoms with E-state index in [9.17, 15) is 13.2 Å². The third-order valence-electron chi connectivity index (χ3n) is 2.72. The largest absolute Gasteiger partial charge is 0.478 e. The van der Waals surface area contributed by atoms with Gasteiger partial charge in [-0.3, -0.25) is 4.72 Å². The van der Waals surface area contributed by atoms with Crippen molar-refractivity contribution >= 4 is 33.0 Å². The summed E-state index contributed by atoms with van der Waals surface area (Å²) < 4.78 is 27.0. The minimum atomic E-state index is -3.77. The first kappa shape index (κ1) is 14.5. The molecule has 0 radical (unpaired) electrons. The van der Waals surface area contributed by atoms with Gasteiger partial charge in [-0.25, -0.2) is 13.2 Å². The van der Waals surface area contributed by atoms with E-state index in [4.69, 9.17) is 5.11 Å². The first-order valence-electron chi connectivity index (χ1n) is 5.73. The van der Waals surface area contributed by atoms with Gasteiger partial charge in [0.1, 0.15) is 4.21 Å². The Bertz CT molecular complexity index is 762. The molecule has 1 heterocycles. The highest BCUT2D eigenvalue weighted by atomic mass is 32.2. The van der Waals surface area contributed by atoms with Crippen molar-refractivity contribution in [1.29, 1.82) is 0 Å². The molecule has 1 aromatic heterocycles. The second-order valence-electron chi connectivity index (χ2n) is 4.27. The molecule has 0 aliphatic rings. The average Bonchev–Trinajstić information content (AvgIpc) is 2.79. The summed E-state index contributed by atoms with van der Waals surface area (Å²) in [5.74, 6) is -1.17. The molecule has 0 saturated carbocycles. The molecule has 0 unspecified atom stereocenters. The predicted octanol–water partition coefficient (Wildman–Crippen LogP) is 2.86. The zero-order chi connectivity index (χ0) is 14.9. The van der Waals surface area contributed by atoms with Gasteiger partial charge in [-0.15, -0.1) is 11.3 Å². The van der Waals surface area contributed by atoms with E-state index in [-0.39, 0.29) is 15.5 Å². The number of anilines is 1. The molecule has 5 nitrogen and oxygen atoms in total. The molecule has 0 bridgehead atoms. The van der Waals surface area contributed by atoms with Gasteiger partial charge in [0.15, 0.2) is 0 Å². The summed E-state index contributed by atoms with van der Waals surface area (Å²) in [6.45, 7) is 3.46. The third-order valence-corrected chi connectivity index (χ3v) is 5.56. The van der Waals surface area contributed by atoms with E-state index in [2.05, 4.69) is 4.72 Å². The zero-order valence-electron chi connectivity index (χ0n) is 10.9. The minimum absolute atomic E-state index is 0.0677. The van der Waals surface area contributed by atoms with Crippen molar-refractivity contribution in [2.45, 2.75) is 18.1 Å². The topological polar surface area (TPSA) is 83.5 Å². The first-order valence-corrected chi connectivity index (χ1v) is 8.03. The molecule has 0 atom stereocenters. The molecule has 0 spiro atoms. The molecule has 20 heavy (non-hydrogen) atoms. The third kappa shape index (κ3) is 2.83. The molecule has 2 aromatic rings. The first-order chi connectivity index (χ1) is 9.31. The van der Waals surface area contributed by atoms with Crippen LogP contribution in [0.2, 0.25) is 0 Å². The summed E-state index contributed by atoms with van der Waals surface area (Å²) in [5, 5.41) is 9.13. The lowest BCUT2D eigenvalue weighted by Crippen LogP contribution is -2.15. The number of rotatable bonds is 4. The number of sulfonamides is 1. The van der Waals surface area contributed by atoms with Gasteiger partial charge < -0.3 is 5.11 Å². The predicted molar refractivity (Wildman–Crippen MR) is 78.0 cm³/mol. The Morgan fingerprint density at radius 1 is 1.20 bits per heavy atom. The van der Waals surface area contributed by atoms with Crippen LogP contribution in [0.3, 0.4) is 0 Å². The number of hydrogen-bond acceptors (Lipinski definition) is 4. The van der Waals surface area contributed by atoms with E-state index >= 15 is 0 Å². The Morgan fingerprint density at radius 2 is 1.90 bits per heavy atom. The van der Waals surface area contributed by atoms with Crippen LogP contribution in [0.5, 0.6) is 0 Å². The van der Waals surface area contributed by atoms with Crippen molar-refractivity contribution in [3.63, 3.8) is 0 Å². The Hall–Kier alpha value is -1.86. The highest BCUT2D eigenvalue weighted by Gasteiger charge is 2.21. The molecule has 106 valence electrons. The molecule has 1 aromatic carbocycles. The van der Waals surface area contributed by atoms with Crippen LogP contribution in [-0.2, 0) is 10.0 Å². The van der Waals surface area contributed by atoms with E-state index < -0.39 is 16.0 Å². The molecular weight excluding hydrogens is 298 g/mol. The van der Waals surface area contributed by atoms with Crippen molar-refractivity contribution in [3.8, 4) is 0 Å². The smallest absolute Gasteiger partial charge is 0.337 e. The lowest BCUT2D eigenvalue weighted by atomic mass is 10.1. The summed E-state index contributed by atoms with van der Waals surface area (Å²) in [6.07, 6.45) is 0. The fourth-order valence-electron chi connectivity index (χ4n) is 1.72. The van der Waals surface area contributed by atoms with Crippen LogP contribution in [0.1, 0.15) is 20.8 Å². The Morgan fingerprint density at radius 3 is 2.45 bits per heavy atom. The highest BCUT2D eigenvalue weighted by molar-refractivity contribution is 7.94. The number of para-hydroxylation sites is 1. The van der Waals surface area contributed by atoms with Crippen LogP contribution in [0.15, 0.2) is 34.5 Å². The molecule has 7 heteroatoms. The van der Waals surface area contributed by atoms with E-state index in [1.165, 1.54) is 12.1 Å². The maximum absolute atomic E-state index is 12.2. The Balaban J connectivity index is 2.47. The number of carboxylic acids is 1. The second kappa shape index (κ2) is 5.26. The number of aryl methyl sites for hydroxylation is 2. The van der Waals surface area contributed by atoms with Crippen LogP contribution >= 0.6 is 11.3 Å². The van der Waals surface area contributed by atoms with Crippen molar-refractivity contribution in [2.75, 3.05) is 4.72 Å². The summed E-state index contributed by atoms with van der Waals surface area (Å²) in [4.78, 5) is 12.0. The molecule has 0 saturated heterocycles. The van der Waals surface area contributed by atoms with Crippen LogP contribution in [0, 0.1) is 13.8 Å². The van der Waals surface area contributed by atoms with Gasteiger partial charge in [-0.05, 0) is 37.6 Å². The molecule has 0 aliphatic carbocycles. The van der Waals surface area contributed by atoms with Crippen LogP contribution in [-0.4, -0.2) is 19.5 Å². The standard InChI is InChI=1S/C13H13NO4S2/c1-8-4-3-5-10(13(15)16)12(8)14-20(17,18)11-7-6-9(2)19-11/h3-7,14H,1-2H3,(H,15,16). The van der Waals surface area contributed by atoms with Gasteiger partial charge in [0.2, 0.25) is 0 Å². The fraction of sp³-hybridized carbons (Fsp3) is 0.154. The molecule has 0 aliphatic heterocycles. The average molecular weight is 311 g/mol. The number of thiophene rings is 1. The Labute approximate surface area is 120 Å². The van der Waals surface area contributed by atoms with Crippen molar-refractivity contribution < 1.29 is 18.3 Å². The van der Waals surface area contributed by atoms with Gasteiger partial charge in [0.05, 0.1) is 11.3 Å². The quantitative estimate of drug-likeness (QED) is 0.909. The van der Waals surface area contributed by atoms with Crippen LogP contribution < -0.4 is 4.72 Å². The van der Waals surface area contributed by atoms with E-state index in [0.717, 1.165) is 16.2 Å². The van der Waals surface area contributed by atoms with E-state index in [1.807, 2.05) is 0 Å². The van der Waals surface area contributed by atoms with Crippen molar-refractivity contribution in [3.05, 3.63) is 46.3 Å². The number of nitrogens with one attached hydrogen (secondary N) is 1. The SMILES string of the molecule is Cc1ccc(S(=O)(=O)Nc2c(C)cccc2C(=O)O)s1. The van der Waals surface area contributed by atoms with Gasteiger partial charge in [0, 0.05) is 4.88 Å². The van der Waals surface area contributed by atoms with Crippen LogP contribution in [0.4, 0.5) is 5.69 Å².